The van der Waals surface area contributed by atoms with E-state index in [0.29, 0.717) is 12.0 Å². The highest BCUT2D eigenvalue weighted by Gasteiger charge is 2.13. The van der Waals surface area contributed by atoms with Gasteiger partial charge in [0, 0.05) is 18.2 Å². The first-order valence-electron chi connectivity index (χ1n) is 6.26. The molecule has 0 spiro atoms. The molecule has 0 aliphatic carbocycles. The minimum atomic E-state index is -0.475. The van der Waals surface area contributed by atoms with Gasteiger partial charge in [-0.3, -0.25) is 9.78 Å². The van der Waals surface area contributed by atoms with Crippen LogP contribution in [0.4, 0.5) is 0 Å². The lowest BCUT2D eigenvalue weighted by Crippen LogP contribution is -2.24. The Morgan fingerprint density at radius 3 is 2.21 bits per heavy atom. The SMILES string of the molecule is CC(C)(C)c1ccc(Cc2c[nH]c(=O)[nH]c2=O)cc1. The number of hydrogen-bond donors (Lipinski definition) is 2. The van der Waals surface area contributed by atoms with Crippen LogP contribution in [0, 0.1) is 0 Å². The summed E-state index contributed by atoms with van der Waals surface area (Å²) in [5.41, 5.74) is 2.18. The van der Waals surface area contributed by atoms with E-state index in [-0.39, 0.29) is 11.0 Å². The van der Waals surface area contributed by atoms with Gasteiger partial charge in [-0.2, -0.15) is 0 Å². The maximum atomic E-state index is 11.6. The molecule has 1 heterocycles. The third-order valence-corrected chi connectivity index (χ3v) is 3.11. The van der Waals surface area contributed by atoms with Crippen LogP contribution < -0.4 is 11.2 Å². The topological polar surface area (TPSA) is 65.7 Å². The van der Waals surface area contributed by atoms with Gasteiger partial charge in [0.25, 0.3) is 5.56 Å². The zero-order valence-electron chi connectivity index (χ0n) is 11.4. The molecule has 0 bridgehead atoms. The van der Waals surface area contributed by atoms with Gasteiger partial charge in [-0.25, -0.2) is 4.79 Å². The van der Waals surface area contributed by atoms with Gasteiger partial charge in [0.2, 0.25) is 0 Å². The molecule has 2 aromatic rings. The predicted octanol–water partition coefficient (Wildman–Crippen LogP) is 1.95. The molecule has 4 heteroatoms. The second-order valence-electron chi connectivity index (χ2n) is 5.72. The molecule has 1 aromatic heterocycles. The molecule has 4 nitrogen and oxygen atoms in total. The van der Waals surface area contributed by atoms with Gasteiger partial charge in [0.1, 0.15) is 0 Å². The molecule has 0 radical (unpaired) electrons. The van der Waals surface area contributed by atoms with Crippen LogP contribution in [0.3, 0.4) is 0 Å². The van der Waals surface area contributed by atoms with E-state index >= 15 is 0 Å². The van der Waals surface area contributed by atoms with Gasteiger partial charge in [0.05, 0.1) is 0 Å². The van der Waals surface area contributed by atoms with Crippen LogP contribution in [-0.2, 0) is 11.8 Å². The molecule has 0 unspecified atom stereocenters. The fourth-order valence-corrected chi connectivity index (χ4v) is 1.91. The number of aromatic nitrogens is 2. The molecule has 1 aromatic carbocycles. The Labute approximate surface area is 111 Å². The zero-order chi connectivity index (χ0) is 14.0. The summed E-state index contributed by atoms with van der Waals surface area (Å²) in [5, 5.41) is 0. The molecule has 0 aliphatic heterocycles. The van der Waals surface area contributed by atoms with E-state index in [2.05, 4.69) is 42.9 Å². The third-order valence-electron chi connectivity index (χ3n) is 3.11. The Morgan fingerprint density at radius 1 is 1.05 bits per heavy atom. The van der Waals surface area contributed by atoms with E-state index in [1.165, 1.54) is 11.8 Å². The largest absolute Gasteiger partial charge is 0.325 e. The first-order chi connectivity index (χ1) is 8.86. The Hall–Kier alpha value is -2.10. The monoisotopic (exact) mass is 258 g/mol. The molecule has 2 rings (SSSR count). The molecule has 100 valence electrons. The van der Waals surface area contributed by atoms with Crippen LogP contribution in [0.5, 0.6) is 0 Å². The molecule has 0 saturated heterocycles. The number of benzene rings is 1. The van der Waals surface area contributed by atoms with Gasteiger partial charge < -0.3 is 4.98 Å². The van der Waals surface area contributed by atoms with Crippen molar-refractivity contribution in [2.75, 3.05) is 0 Å². The maximum Gasteiger partial charge on any atom is 0.325 e. The number of nitrogens with one attached hydrogen (secondary N) is 2. The molecule has 0 aliphatic rings. The first-order valence-corrected chi connectivity index (χ1v) is 6.26. The van der Waals surface area contributed by atoms with Crippen LogP contribution in [0.2, 0.25) is 0 Å². The Balaban J connectivity index is 2.25. The standard InChI is InChI=1S/C15H18N2O2/c1-15(2,3)12-6-4-10(5-7-12)8-11-9-16-14(19)17-13(11)18/h4-7,9H,8H2,1-3H3,(H2,16,17,18,19). The van der Waals surface area contributed by atoms with Crippen molar-refractivity contribution >= 4 is 0 Å². The Kier molecular flexibility index (Phi) is 3.42. The van der Waals surface area contributed by atoms with Gasteiger partial charge in [0.15, 0.2) is 0 Å². The summed E-state index contributed by atoms with van der Waals surface area (Å²) in [5.74, 6) is 0. The fourth-order valence-electron chi connectivity index (χ4n) is 1.91. The average Bonchev–Trinajstić information content (AvgIpc) is 2.32. The van der Waals surface area contributed by atoms with Crippen LogP contribution in [0.1, 0.15) is 37.5 Å². The number of H-pyrrole nitrogens is 2. The van der Waals surface area contributed by atoms with Crippen molar-refractivity contribution in [1.82, 2.24) is 9.97 Å². The normalized spacial score (nSPS) is 11.5. The highest BCUT2D eigenvalue weighted by atomic mass is 16.2. The van der Waals surface area contributed by atoms with Crippen molar-refractivity contribution in [1.29, 1.82) is 0 Å². The van der Waals surface area contributed by atoms with Crippen molar-refractivity contribution < 1.29 is 0 Å². The minimum absolute atomic E-state index is 0.119. The van der Waals surface area contributed by atoms with E-state index in [4.69, 9.17) is 0 Å². The van der Waals surface area contributed by atoms with Gasteiger partial charge in [-0.15, -0.1) is 0 Å². The molecule has 0 amide bonds. The smallest absolute Gasteiger partial charge is 0.314 e. The van der Waals surface area contributed by atoms with E-state index in [9.17, 15) is 9.59 Å². The van der Waals surface area contributed by atoms with Crippen molar-refractivity contribution in [2.45, 2.75) is 32.6 Å². The van der Waals surface area contributed by atoms with Gasteiger partial charge in [-0.05, 0) is 16.5 Å². The second-order valence-corrected chi connectivity index (χ2v) is 5.72. The van der Waals surface area contributed by atoms with E-state index in [0.717, 1.165) is 5.56 Å². The molecule has 19 heavy (non-hydrogen) atoms. The lowest BCUT2D eigenvalue weighted by molar-refractivity contribution is 0.590. The van der Waals surface area contributed by atoms with Crippen molar-refractivity contribution in [3.05, 3.63) is 68.0 Å². The summed E-state index contributed by atoms with van der Waals surface area (Å²) >= 11 is 0. The highest BCUT2D eigenvalue weighted by Crippen LogP contribution is 2.22. The first kappa shape index (κ1) is 13.3. The minimum Gasteiger partial charge on any atom is -0.314 e. The summed E-state index contributed by atoms with van der Waals surface area (Å²) in [6.45, 7) is 6.48. The molecule has 0 saturated carbocycles. The van der Waals surface area contributed by atoms with Gasteiger partial charge in [-0.1, -0.05) is 45.0 Å². The summed E-state index contributed by atoms with van der Waals surface area (Å²) in [6, 6.07) is 8.20. The van der Waals surface area contributed by atoms with Crippen LogP contribution in [0.15, 0.2) is 40.1 Å². The lowest BCUT2D eigenvalue weighted by Gasteiger charge is -2.19. The summed E-state index contributed by atoms with van der Waals surface area (Å²) in [7, 11) is 0. The molecule has 0 atom stereocenters. The second kappa shape index (κ2) is 4.88. The number of rotatable bonds is 2. The molecular weight excluding hydrogens is 240 g/mol. The third kappa shape index (κ3) is 3.22. The van der Waals surface area contributed by atoms with Gasteiger partial charge >= 0.3 is 5.69 Å². The number of hydrogen-bond acceptors (Lipinski definition) is 2. The van der Waals surface area contributed by atoms with E-state index < -0.39 is 5.69 Å². The van der Waals surface area contributed by atoms with Crippen LogP contribution in [0.25, 0.3) is 0 Å². The number of aromatic amines is 2. The van der Waals surface area contributed by atoms with Crippen molar-refractivity contribution in [3.63, 3.8) is 0 Å². The van der Waals surface area contributed by atoms with Crippen LogP contribution in [-0.4, -0.2) is 9.97 Å². The summed E-state index contributed by atoms with van der Waals surface area (Å²) < 4.78 is 0. The Bertz CT molecular complexity index is 673. The predicted molar refractivity (Wildman–Crippen MR) is 75.6 cm³/mol. The maximum absolute atomic E-state index is 11.6. The lowest BCUT2D eigenvalue weighted by atomic mass is 9.86. The fraction of sp³-hybridized carbons (Fsp3) is 0.333. The average molecular weight is 258 g/mol. The van der Waals surface area contributed by atoms with Crippen LogP contribution >= 0.6 is 0 Å². The summed E-state index contributed by atoms with van der Waals surface area (Å²) in [4.78, 5) is 27.2. The van der Waals surface area contributed by atoms with E-state index in [1.807, 2.05) is 12.1 Å². The quantitative estimate of drug-likeness (QED) is 0.864. The molecular formula is C15H18N2O2. The summed E-state index contributed by atoms with van der Waals surface area (Å²) in [6.07, 6.45) is 1.98. The molecule has 0 fully saturated rings. The van der Waals surface area contributed by atoms with E-state index in [1.54, 1.807) is 0 Å². The zero-order valence-corrected chi connectivity index (χ0v) is 11.4. The van der Waals surface area contributed by atoms with Crippen molar-refractivity contribution in [2.24, 2.45) is 0 Å². The van der Waals surface area contributed by atoms with Crippen molar-refractivity contribution in [3.8, 4) is 0 Å². The molecule has 2 N–H and O–H groups in total. The highest BCUT2D eigenvalue weighted by molar-refractivity contribution is 5.30. The Morgan fingerprint density at radius 2 is 1.68 bits per heavy atom.